The van der Waals surface area contributed by atoms with Crippen LogP contribution in [-0.2, 0) is 9.59 Å². The van der Waals surface area contributed by atoms with E-state index in [1.54, 1.807) is 4.90 Å². The number of likely N-dealkylation sites (tertiary alicyclic amines) is 1. The van der Waals surface area contributed by atoms with Crippen molar-refractivity contribution in [2.24, 2.45) is 22.4 Å². The molecule has 0 spiro atoms. The van der Waals surface area contributed by atoms with Crippen LogP contribution < -0.4 is 16.8 Å². The van der Waals surface area contributed by atoms with Gasteiger partial charge < -0.3 is 31.7 Å². The number of nitrogens with one attached hydrogen (secondary N) is 1. The minimum Gasteiger partial charge on any atom is -0.480 e. The van der Waals surface area contributed by atoms with Crippen molar-refractivity contribution in [3.05, 3.63) is 0 Å². The first-order valence-electron chi connectivity index (χ1n) is 9.20. The number of aliphatic imine (C=N–C) groups is 1. The van der Waals surface area contributed by atoms with Gasteiger partial charge >= 0.3 is 18.0 Å². The molecule has 156 valence electrons. The molecule has 0 radical (unpaired) electrons. The number of piperazine rings is 1. The summed E-state index contributed by atoms with van der Waals surface area (Å²) in [5, 5.41) is 12.2. The number of amides is 5. The lowest BCUT2D eigenvalue weighted by Gasteiger charge is -2.46. The minimum absolute atomic E-state index is 0.0710. The van der Waals surface area contributed by atoms with E-state index in [1.807, 2.05) is 6.92 Å². The number of nitrogens with two attached hydrogens (primary N) is 2. The topological polar surface area (TPSA) is 175 Å². The van der Waals surface area contributed by atoms with Crippen LogP contribution in [0.4, 0.5) is 9.59 Å². The Labute approximate surface area is 162 Å². The number of carbonyl (C=O) groups excluding carboxylic acids is 3. The van der Waals surface area contributed by atoms with Gasteiger partial charge in [-0.2, -0.15) is 0 Å². The van der Waals surface area contributed by atoms with Crippen molar-refractivity contribution < 1.29 is 24.3 Å². The van der Waals surface area contributed by atoms with E-state index in [2.05, 4.69) is 10.3 Å². The maximum atomic E-state index is 12.7. The molecule has 0 aromatic rings. The van der Waals surface area contributed by atoms with E-state index in [4.69, 9.17) is 11.5 Å². The van der Waals surface area contributed by atoms with Gasteiger partial charge in [0, 0.05) is 39.3 Å². The molecule has 2 aliphatic heterocycles. The Morgan fingerprint density at radius 1 is 1.18 bits per heavy atom. The molecule has 12 nitrogen and oxygen atoms in total. The fourth-order valence-electron chi connectivity index (χ4n) is 3.36. The Bertz CT molecular complexity index is 656. The second-order valence-electron chi connectivity index (χ2n) is 6.64. The van der Waals surface area contributed by atoms with Crippen molar-refractivity contribution >= 4 is 29.9 Å². The minimum atomic E-state index is -1.22. The first kappa shape index (κ1) is 21.3. The van der Waals surface area contributed by atoms with Gasteiger partial charge in [0.2, 0.25) is 5.91 Å². The average Bonchev–Trinajstić information content (AvgIpc) is 2.65. The third-order valence-electron chi connectivity index (χ3n) is 4.81. The van der Waals surface area contributed by atoms with E-state index in [1.165, 1.54) is 4.90 Å². The molecule has 6 N–H and O–H groups in total. The molecule has 0 aliphatic carbocycles. The van der Waals surface area contributed by atoms with Gasteiger partial charge in [-0.1, -0.05) is 0 Å². The monoisotopic (exact) mass is 397 g/mol. The Balaban J connectivity index is 1.92. The molecule has 2 rings (SSSR count). The van der Waals surface area contributed by atoms with E-state index < -0.39 is 29.9 Å². The average molecular weight is 397 g/mol. The fraction of sp³-hybridized carbons (Fsp3) is 0.688. The highest BCUT2D eigenvalue weighted by Crippen LogP contribution is 2.32. The number of nitrogens with zero attached hydrogens (tertiary/aromatic N) is 4. The van der Waals surface area contributed by atoms with Crippen molar-refractivity contribution in [3.63, 3.8) is 0 Å². The number of imide groups is 1. The predicted octanol–water partition coefficient (Wildman–Crippen LogP) is -1.58. The maximum Gasteiger partial charge on any atom is 0.327 e. The number of urea groups is 2. The highest BCUT2D eigenvalue weighted by Gasteiger charge is 2.55. The molecule has 28 heavy (non-hydrogen) atoms. The van der Waals surface area contributed by atoms with E-state index in [0.717, 1.165) is 4.90 Å². The number of hydrogen-bond donors (Lipinski definition) is 4. The number of guanidine groups is 1. The molecular weight excluding hydrogens is 370 g/mol. The molecule has 0 saturated carbocycles. The number of carbonyl (C=O) groups is 4. The van der Waals surface area contributed by atoms with E-state index in [9.17, 15) is 24.3 Å². The van der Waals surface area contributed by atoms with Crippen LogP contribution in [0, 0.1) is 5.92 Å². The van der Waals surface area contributed by atoms with Gasteiger partial charge in [0.1, 0.15) is 0 Å². The summed E-state index contributed by atoms with van der Waals surface area (Å²) in [5.74, 6) is -2.57. The second-order valence-corrected chi connectivity index (χ2v) is 6.64. The van der Waals surface area contributed by atoms with Crippen LogP contribution in [-0.4, -0.2) is 95.0 Å². The molecule has 2 heterocycles. The van der Waals surface area contributed by atoms with Crippen LogP contribution in [0.5, 0.6) is 0 Å². The van der Waals surface area contributed by atoms with Crippen LogP contribution in [0.15, 0.2) is 4.99 Å². The van der Waals surface area contributed by atoms with Crippen LogP contribution in [0.25, 0.3) is 0 Å². The first-order chi connectivity index (χ1) is 13.3. The summed E-state index contributed by atoms with van der Waals surface area (Å²) >= 11 is 0. The van der Waals surface area contributed by atoms with Crippen molar-refractivity contribution in [2.45, 2.75) is 25.8 Å². The molecule has 0 aromatic heterocycles. The summed E-state index contributed by atoms with van der Waals surface area (Å²) in [5.41, 5.74) is 10.5. The van der Waals surface area contributed by atoms with Crippen molar-refractivity contribution in [1.82, 2.24) is 20.0 Å². The van der Waals surface area contributed by atoms with Gasteiger partial charge in [-0.05, 0) is 19.8 Å². The van der Waals surface area contributed by atoms with Gasteiger partial charge in [-0.15, -0.1) is 0 Å². The van der Waals surface area contributed by atoms with Crippen molar-refractivity contribution in [2.75, 3.05) is 39.3 Å². The number of hydrogen-bond acceptors (Lipinski definition) is 5. The first-order valence-corrected chi connectivity index (χ1v) is 9.20. The largest absolute Gasteiger partial charge is 0.480 e. The van der Waals surface area contributed by atoms with Gasteiger partial charge in [0.25, 0.3) is 0 Å². The number of rotatable bonds is 6. The summed E-state index contributed by atoms with van der Waals surface area (Å²) in [6, 6.07) is -2.03. The molecule has 2 fully saturated rings. The van der Waals surface area contributed by atoms with Crippen LogP contribution in [0.2, 0.25) is 0 Å². The Morgan fingerprint density at radius 2 is 1.79 bits per heavy atom. The van der Waals surface area contributed by atoms with Gasteiger partial charge in [-0.25, -0.2) is 19.3 Å². The molecule has 2 atom stereocenters. The Kier molecular flexibility index (Phi) is 7.01. The molecule has 2 saturated heterocycles. The summed E-state index contributed by atoms with van der Waals surface area (Å²) < 4.78 is 0. The summed E-state index contributed by atoms with van der Waals surface area (Å²) in [6.45, 7) is 3.72. The number of carboxylic acids is 1. The lowest BCUT2D eigenvalue weighted by atomic mass is 9.84. The summed E-state index contributed by atoms with van der Waals surface area (Å²) in [7, 11) is 0. The third kappa shape index (κ3) is 4.61. The van der Waals surface area contributed by atoms with E-state index >= 15 is 0 Å². The Hall–Kier alpha value is -3.05. The molecule has 2 aliphatic rings. The van der Waals surface area contributed by atoms with Crippen LogP contribution in [0.3, 0.4) is 0 Å². The lowest BCUT2D eigenvalue weighted by molar-refractivity contribution is -0.167. The SMILES string of the molecule is CCNC(=O)N1CCN(C(=O)N2C(=O)[C@H](CCCN=C(N)N)C2C(=O)O)CC1. The van der Waals surface area contributed by atoms with Crippen LogP contribution in [0.1, 0.15) is 19.8 Å². The standard InChI is InChI=1S/C16H27N7O5/c1-2-19-15(27)21-6-8-22(9-7-21)16(28)23-11(13(25)26)10(12(23)24)4-3-5-20-14(17)18/h10-11H,2-9H2,1H3,(H,19,27)(H,25,26)(H4,17,18,20)/t10-,11?/m1/s1. The fourth-order valence-corrected chi connectivity index (χ4v) is 3.36. The van der Waals surface area contributed by atoms with Crippen molar-refractivity contribution in [1.29, 1.82) is 0 Å². The maximum absolute atomic E-state index is 12.7. The van der Waals surface area contributed by atoms with Gasteiger partial charge in [-0.3, -0.25) is 9.79 Å². The third-order valence-corrected chi connectivity index (χ3v) is 4.81. The zero-order chi connectivity index (χ0) is 20.8. The summed E-state index contributed by atoms with van der Waals surface area (Å²) in [4.78, 5) is 56.1. The normalized spacial score (nSPS) is 21.8. The predicted molar refractivity (Wildman–Crippen MR) is 99.3 cm³/mol. The van der Waals surface area contributed by atoms with Gasteiger partial charge in [0.15, 0.2) is 12.0 Å². The Morgan fingerprint density at radius 3 is 2.32 bits per heavy atom. The second kappa shape index (κ2) is 9.24. The zero-order valence-electron chi connectivity index (χ0n) is 15.8. The van der Waals surface area contributed by atoms with Crippen LogP contribution >= 0.6 is 0 Å². The smallest absolute Gasteiger partial charge is 0.327 e. The van der Waals surface area contributed by atoms with Crippen molar-refractivity contribution in [3.8, 4) is 0 Å². The number of aliphatic carboxylic acids is 1. The lowest BCUT2D eigenvalue weighted by Crippen LogP contribution is -2.69. The molecule has 0 bridgehead atoms. The molecule has 5 amide bonds. The van der Waals surface area contributed by atoms with E-state index in [-0.39, 0.29) is 38.0 Å². The number of carboxylic acid groups (broad SMARTS) is 1. The molecular formula is C16H27N7O5. The van der Waals surface area contributed by atoms with E-state index in [0.29, 0.717) is 26.1 Å². The highest BCUT2D eigenvalue weighted by atomic mass is 16.4. The molecule has 0 aromatic carbocycles. The number of β-lactam (4-membered cyclic amide) rings is 1. The summed E-state index contributed by atoms with van der Waals surface area (Å²) in [6.07, 6.45) is 0.715. The molecule has 1 unspecified atom stereocenters. The zero-order valence-corrected chi connectivity index (χ0v) is 15.8. The molecule has 12 heteroatoms. The quantitative estimate of drug-likeness (QED) is 0.181. The highest BCUT2D eigenvalue weighted by molar-refractivity contribution is 6.07. The van der Waals surface area contributed by atoms with Gasteiger partial charge in [0.05, 0.1) is 5.92 Å².